The summed E-state index contributed by atoms with van der Waals surface area (Å²) in [6.45, 7) is 10.1. The van der Waals surface area contributed by atoms with E-state index in [1.165, 1.54) is 11.8 Å². The van der Waals surface area contributed by atoms with Gasteiger partial charge in [-0.1, -0.05) is 44.2 Å². The Kier molecular flexibility index (Phi) is 13.8. The molecule has 8 nitrogen and oxygen atoms in total. The molecule has 0 radical (unpaired) electrons. The summed E-state index contributed by atoms with van der Waals surface area (Å²) in [7, 11) is 3.31. The number of hydrogen-bond donors (Lipinski definition) is 0. The van der Waals surface area contributed by atoms with E-state index in [1.807, 2.05) is 112 Å². The van der Waals surface area contributed by atoms with Gasteiger partial charge in [0.2, 0.25) is 5.91 Å². The number of amides is 1. The molecule has 0 aromatic heterocycles. The largest absolute Gasteiger partial charge is 0.497 e. The van der Waals surface area contributed by atoms with Crippen LogP contribution in [0.4, 0.5) is 17.1 Å². The molecule has 45 heavy (non-hydrogen) atoms. The lowest BCUT2D eigenvalue weighted by atomic mass is 10.1. The van der Waals surface area contributed by atoms with Crippen LogP contribution in [0.2, 0.25) is 0 Å². The summed E-state index contributed by atoms with van der Waals surface area (Å²) in [4.78, 5) is 21.8. The molecule has 0 aliphatic carbocycles. The fraction of sp³-hybridized carbons (Fsp3) is 0.297. The van der Waals surface area contributed by atoms with Crippen molar-refractivity contribution < 1.29 is 23.8 Å². The van der Waals surface area contributed by atoms with Crippen molar-refractivity contribution in [3.05, 3.63) is 108 Å². The predicted octanol–water partition coefficient (Wildman–Crippen LogP) is 9.01. The number of anilines is 3. The molecular formula is C37H45N3O5. The molecule has 3 rings (SSSR count). The highest BCUT2D eigenvalue weighted by Crippen LogP contribution is 2.36. The first kappa shape index (κ1) is 34.5. The average molecular weight is 612 g/mol. The number of nitrogens with zero attached hydrogens (tertiary/aromatic N) is 3. The van der Waals surface area contributed by atoms with Gasteiger partial charge in [-0.2, -0.15) is 0 Å². The van der Waals surface area contributed by atoms with Crippen LogP contribution in [-0.2, 0) is 14.4 Å². The van der Waals surface area contributed by atoms with Gasteiger partial charge >= 0.3 is 6.02 Å². The number of carbonyl (C=O) groups excluding carboxylic acids is 1. The lowest BCUT2D eigenvalue weighted by Gasteiger charge is -2.26. The minimum Gasteiger partial charge on any atom is -0.497 e. The molecule has 238 valence electrons. The van der Waals surface area contributed by atoms with Crippen LogP contribution in [0.5, 0.6) is 11.5 Å². The number of benzene rings is 3. The van der Waals surface area contributed by atoms with Crippen LogP contribution < -0.4 is 14.4 Å². The fourth-order valence-corrected chi connectivity index (χ4v) is 4.59. The van der Waals surface area contributed by atoms with E-state index in [4.69, 9.17) is 19.0 Å². The number of amidine groups is 1. The number of hydrogen-bond acceptors (Lipinski definition) is 7. The molecule has 0 heterocycles. The van der Waals surface area contributed by atoms with Crippen molar-refractivity contribution in [2.45, 2.75) is 47.5 Å². The van der Waals surface area contributed by atoms with Crippen LogP contribution in [-0.4, -0.2) is 44.2 Å². The highest BCUT2D eigenvalue weighted by molar-refractivity contribution is 5.93. The van der Waals surface area contributed by atoms with Gasteiger partial charge in [-0.15, -0.1) is 0 Å². The predicted molar refractivity (Wildman–Crippen MR) is 183 cm³/mol. The molecule has 3 aromatic rings. The summed E-state index contributed by atoms with van der Waals surface area (Å²) < 4.78 is 16.8. The molecule has 8 heteroatoms. The summed E-state index contributed by atoms with van der Waals surface area (Å²) in [5.41, 5.74) is 4.86. The monoisotopic (exact) mass is 611 g/mol. The van der Waals surface area contributed by atoms with E-state index in [0.29, 0.717) is 12.3 Å². The fourth-order valence-electron chi connectivity index (χ4n) is 4.59. The molecule has 0 atom stereocenters. The molecule has 0 saturated heterocycles. The van der Waals surface area contributed by atoms with Gasteiger partial charge in [0.1, 0.15) is 23.9 Å². The molecule has 0 aliphatic rings. The highest BCUT2D eigenvalue weighted by Gasteiger charge is 2.19. The molecule has 3 aromatic carbocycles. The summed E-state index contributed by atoms with van der Waals surface area (Å²) in [5.74, 6) is 1.96. The number of rotatable bonds is 14. The van der Waals surface area contributed by atoms with Gasteiger partial charge in [0, 0.05) is 30.5 Å². The van der Waals surface area contributed by atoms with Gasteiger partial charge in [-0.25, -0.2) is 0 Å². The van der Waals surface area contributed by atoms with E-state index in [0.717, 1.165) is 52.5 Å². The van der Waals surface area contributed by atoms with Crippen molar-refractivity contribution in [1.29, 1.82) is 0 Å². The standard InChI is InChI=1S/C37H45N3O5/c1-8-11-31(12-9-2)27-44-38-37(39(25-10-3)29(5)41)45-28(4)26-30-13-15-32(16-14-30)40(33-17-21-35(42-6)22-18-33)34-19-23-36(43-7)24-20-34/h8,11-24,26H,9-10,25,27H2,1-7H3/b11-8-,28-26+,31-12+,38-37?. The molecule has 0 unspecified atom stereocenters. The SMILES string of the molecule is C/C=C\C(=C/CC)CON=C(O/C(C)=C/c1ccc(N(c2ccc(OC)cc2)c2ccc(OC)cc2)cc1)N(CCC)C(C)=O. The molecule has 0 aliphatic heterocycles. The van der Waals surface area contributed by atoms with Crippen molar-refractivity contribution in [2.75, 3.05) is 32.3 Å². The maximum atomic E-state index is 12.5. The third-order valence-electron chi connectivity index (χ3n) is 6.71. The molecular weight excluding hydrogens is 566 g/mol. The second-order valence-electron chi connectivity index (χ2n) is 10.2. The van der Waals surface area contributed by atoms with Crippen LogP contribution >= 0.6 is 0 Å². The molecule has 0 N–H and O–H groups in total. The number of allylic oxidation sites excluding steroid dienone is 3. The van der Waals surface area contributed by atoms with Crippen LogP contribution in [0, 0.1) is 0 Å². The van der Waals surface area contributed by atoms with E-state index in [-0.39, 0.29) is 18.5 Å². The number of oxime groups is 1. The van der Waals surface area contributed by atoms with Gasteiger partial charge in [0.05, 0.1) is 14.2 Å². The Balaban J connectivity index is 1.88. The molecule has 0 fully saturated rings. The number of carbonyl (C=O) groups is 1. The maximum absolute atomic E-state index is 12.5. The van der Waals surface area contributed by atoms with Crippen molar-refractivity contribution in [2.24, 2.45) is 5.16 Å². The molecule has 0 bridgehead atoms. The second-order valence-corrected chi connectivity index (χ2v) is 10.2. The Morgan fingerprint density at radius 3 is 1.80 bits per heavy atom. The van der Waals surface area contributed by atoms with E-state index >= 15 is 0 Å². The topological polar surface area (TPSA) is 72.8 Å². The Labute approximate surface area is 267 Å². The zero-order valence-corrected chi connectivity index (χ0v) is 27.4. The smallest absolute Gasteiger partial charge is 0.338 e. The zero-order valence-electron chi connectivity index (χ0n) is 27.4. The maximum Gasteiger partial charge on any atom is 0.338 e. The first-order valence-electron chi connectivity index (χ1n) is 15.2. The Morgan fingerprint density at radius 2 is 1.36 bits per heavy atom. The summed E-state index contributed by atoms with van der Waals surface area (Å²) >= 11 is 0. The summed E-state index contributed by atoms with van der Waals surface area (Å²) in [5, 5.41) is 4.24. The number of methoxy groups -OCH3 is 2. The Morgan fingerprint density at radius 1 is 0.822 bits per heavy atom. The van der Waals surface area contributed by atoms with Crippen molar-refractivity contribution >= 4 is 35.1 Å². The van der Waals surface area contributed by atoms with E-state index < -0.39 is 0 Å². The third-order valence-corrected chi connectivity index (χ3v) is 6.71. The Bertz CT molecular complexity index is 1430. The van der Waals surface area contributed by atoms with Crippen LogP contribution in [0.15, 0.2) is 108 Å². The zero-order chi connectivity index (χ0) is 32.6. The van der Waals surface area contributed by atoms with Gasteiger partial charge < -0.3 is 23.9 Å². The lowest BCUT2D eigenvalue weighted by Crippen LogP contribution is -2.37. The molecule has 0 spiro atoms. The third kappa shape index (κ3) is 10.3. The van der Waals surface area contributed by atoms with E-state index in [9.17, 15) is 4.79 Å². The van der Waals surface area contributed by atoms with Crippen molar-refractivity contribution in [3.63, 3.8) is 0 Å². The quantitative estimate of drug-likeness (QED) is 0.0596. The van der Waals surface area contributed by atoms with Crippen molar-refractivity contribution in [3.8, 4) is 11.5 Å². The van der Waals surface area contributed by atoms with Crippen molar-refractivity contribution in [1.82, 2.24) is 4.90 Å². The minimum absolute atomic E-state index is 0.108. The van der Waals surface area contributed by atoms with Gasteiger partial charge in [-0.05, 0) is 110 Å². The first-order chi connectivity index (χ1) is 21.8. The van der Waals surface area contributed by atoms with Gasteiger partial charge in [0.15, 0.2) is 0 Å². The van der Waals surface area contributed by atoms with E-state index in [2.05, 4.69) is 23.1 Å². The highest BCUT2D eigenvalue weighted by atomic mass is 16.7. The van der Waals surface area contributed by atoms with E-state index in [1.54, 1.807) is 14.2 Å². The van der Waals surface area contributed by atoms with Crippen LogP contribution in [0.3, 0.4) is 0 Å². The minimum atomic E-state index is -0.175. The summed E-state index contributed by atoms with van der Waals surface area (Å²) in [6.07, 6.45) is 9.53. The first-order valence-corrected chi connectivity index (χ1v) is 15.2. The molecule has 0 saturated carbocycles. The van der Waals surface area contributed by atoms with Crippen LogP contribution in [0.1, 0.15) is 53.0 Å². The van der Waals surface area contributed by atoms with Crippen LogP contribution in [0.25, 0.3) is 6.08 Å². The van der Waals surface area contributed by atoms with Gasteiger partial charge in [0.25, 0.3) is 0 Å². The van der Waals surface area contributed by atoms with Gasteiger partial charge in [-0.3, -0.25) is 9.69 Å². The Hall–Kier alpha value is -4.98. The summed E-state index contributed by atoms with van der Waals surface area (Å²) in [6, 6.07) is 24.1. The number of ether oxygens (including phenoxy) is 3. The second kappa shape index (κ2) is 18.0. The average Bonchev–Trinajstić information content (AvgIpc) is 3.05. The molecule has 1 amide bonds. The normalized spacial score (nSPS) is 12.2. The lowest BCUT2D eigenvalue weighted by molar-refractivity contribution is -0.126.